The topological polar surface area (TPSA) is 29.5 Å². The predicted molar refractivity (Wildman–Crippen MR) is 82.1 cm³/mol. The Morgan fingerprint density at radius 1 is 1.23 bits per heavy atom. The highest BCUT2D eigenvalue weighted by atomic mass is 79.9. The van der Waals surface area contributed by atoms with Gasteiger partial charge in [0.1, 0.15) is 12.3 Å². The first kappa shape index (κ1) is 18.8. The SMILES string of the molecule is COc1ccc(Br)c(C(=O)N(CC(C)(C)C)CC(F)(F)F)c1. The van der Waals surface area contributed by atoms with E-state index in [1.165, 1.54) is 13.2 Å². The highest BCUT2D eigenvalue weighted by Gasteiger charge is 2.35. The summed E-state index contributed by atoms with van der Waals surface area (Å²) in [5.74, 6) is -0.271. The number of benzene rings is 1. The van der Waals surface area contributed by atoms with Gasteiger partial charge in [0.25, 0.3) is 5.91 Å². The molecule has 0 saturated heterocycles. The normalized spacial score (nSPS) is 12.2. The summed E-state index contributed by atoms with van der Waals surface area (Å²) in [7, 11) is 1.43. The van der Waals surface area contributed by atoms with Gasteiger partial charge in [0.15, 0.2) is 0 Å². The molecule has 0 aliphatic rings. The lowest BCUT2D eigenvalue weighted by atomic mass is 9.95. The molecule has 0 N–H and O–H groups in total. The molecule has 22 heavy (non-hydrogen) atoms. The molecule has 0 fully saturated rings. The van der Waals surface area contributed by atoms with Crippen molar-refractivity contribution in [2.45, 2.75) is 26.9 Å². The molecule has 124 valence electrons. The number of rotatable bonds is 4. The van der Waals surface area contributed by atoms with Gasteiger partial charge in [-0.05, 0) is 39.5 Å². The van der Waals surface area contributed by atoms with E-state index in [1.807, 2.05) is 0 Å². The molecule has 0 radical (unpaired) electrons. The van der Waals surface area contributed by atoms with Crippen molar-refractivity contribution >= 4 is 21.8 Å². The minimum atomic E-state index is -4.45. The van der Waals surface area contributed by atoms with Crippen LogP contribution < -0.4 is 4.74 Å². The second kappa shape index (κ2) is 6.89. The fraction of sp³-hybridized carbons (Fsp3) is 0.533. The van der Waals surface area contributed by atoms with Crippen LogP contribution in [-0.2, 0) is 0 Å². The first-order valence-electron chi connectivity index (χ1n) is 6.62. The first-order chi connectivity index (χ1) is 9.93. The molecule has 0 saturated carbocycles. The van der Waals surface area contributed by atoms with Crippen molar-refractivity contribution < 1.29 is 22.7 Å². The van der Waals surface area contributed by atoms with Crippen molar-refractivity contribution in [1.82, 2.24) is 4.90 Å². The Morgan fingerprint density at radius 2 is 1.82 bits per heavy atom. The van der Waals surface area contributed by atoms with Gasteiger partial charge in [-0.2, -0.15) is 13.2 Å². The molecule has 0 aliphatic carbocycles. The Kier molecular flexibility index (Phi) is 5.89. The molecular formula is C15H19BrF3NO2. The maximum atomic E-state index is 12.8. The zero-order chi connectivity index (χ0) is 17.1. The number of alkyl halides is 3. The summed E-state index contributed by atoms with van der Waals surface area (Å²) >= 11 is 3.20. The van der Waals surface area contributed by atoms with E-state index in [-0.39, 0.29) is 12.1 Å². The maximum absolute atomic E-state index is 12.8. The molecule has 7 heteroatoms. The lowest BCUT2D eigenvalue weighted by molar-refractivity contribution is -0.142. The fourth-order valence-electron chi connectivity index (χ4n) is 1.95. The van der Waals surface area contributed by atoms with E-state index < -0.39 is 24.0 Å². The number of carbonyl (C=O) groups is 1. The van der Waals surface area contributed by atoms with Crippen LogP contribution in [0.25, 0.3) is 0 Å². The molecule has 3 nitrogen and oxygen atoms in total. The molecule has 0 spiro atoms. The van der Waals surface area contributed by atoms with Crippen LogP contribution in [0.5, 0.6) is 5.75 Å². The van der Waals surface area contributed by atoms with Crippen LogP contribution in [0.15, 0.2) is 22.7 Å². The fourth-order valence-corrected chi connectivity index (χ4v) is 2.37. The third-order valence-electron chi connectivity index (χ3n) is 2.73. The van der Waals surface area contributed by atoms with Gasteiger partial charge in [0.2, 0.25) is 0 Å². The van der Waals surface area contributed by atoms with E-state index in [2.05, 4.69) is 15.9 Å². The van der Waals surface area contributed by atoms with E-state index in [4.69, 9.17) is 4.74 Å². The smallest absolute Gasteiger partial charge is 0.406 e. The van der Waals surface area contributed by atoms with Gasteiger partial charge < -0.3 is 9.64 Å². The lowest BCUT2D eigenvalue weighted by Crippen LogP contribution is -2.43. The van der Waals surface area contributed by atoms with E-state index in [9.17, 15) is 18.0 Å². The van der Waals surface area contributed by atoms with Crippen LogP contribution in [0.4, 0.5) is 13.2 Å². The monoisotopic (exact) mass is 381 g/mol. The van der Waals surface area contributed by atoms with Gasteiger partial charge in [-0.3, -0.25) is 4.79 Å². The zero-order valence-corrected chi connectivity index (χ0v) is 14.5. The summed E-state index contributed by atoms with van der Waals surface area (Å²) in [6, 6.07) is 4.63. The van der Waals surface area contributed by atoms with Gasteiger partial charge >= 0.3 is 6.18 Å². The van der Waals surface area contributed by atoms with Crippen LogP contribution >= 0.6 is 15.9 Å². The molecule has 0 aromatic heterocycles. The lowest BCUT2D eigenvalue weighted by Gasteiger charge is -2.31. The van der Waals surface area contributed by atoms with Gasteiger partial charge in [-0.1, -0.05) is 20.8 Å². The Bertz CT molecular complexity index is 523. The van der Waals surface area contributed by atoms with Crippen molar-refractivity contribution in [2.24, 2.45) is 5.41 Å². The maximum Gasteiger partial charge on any atom is 0.406 e. The summed E-state index contributed by atoms with van der Waals surface area (Å²) in [6.45, 7) is 4.06. The number of amides is 1. The Hall–Kier alpha value is -1.24. The number of hydrogen-bond acceptors (Lipinski definition) is 2. The third-order valence-corrected chi connectivity index (χ3v) is 3.42. The molecule has 0 heterocycles. The third kappa shape index (κ3) is 5.87. The minimum absolute atomic E-state index is 0.00497. The van der Waals surface area contributed by atoms with Gasteiger partial charge in [0, 0.05) is 11.0 Å². The Morgan fingerprint density at radius 3 is 2.27 bits per heavy atom. The van der Waals surface area contributed by atoms with E-state index in [1.54, 1.807) is 32.9 Å². The second-order valence-electron chi connectivity index (χ2n) is 6.18. The molecule has 0 unspecified atom stereocenters. The average Bonchev–Trinajstić information content (AvgIpc) is 2.34. The van der Waals surface area contributed by atoms with E-state index in [0.717, 1.165) is 4.90 Å². The van der Waals surface area contributed by atoms with Crippen LogP contribution in [0.1, 0.15) is 31.1 Å². The highest BCUT2D eigenvalue weighted by molar-refractivity contribution is 9.10. The predicted octanol–water partition coefficient (Wildman–Crippen LogP) is 4.51. The van der Waals surface area contributed by atoms with Crippen LogP contribution in [-0.4, -0.2) is 37.2 Å². The summed E-state index contributed by atoms with van der Waals surface area (Å²) in [4.78, 5) is 13.3. The number of ether oxygens (including phenoxy) is 1. The quantitative estimate of drug-likeness (QED) is 0.767. The molecule has 1 amide bonds. The largest absolute Gasteiger partial charge is 0.497 e. The molecular weight excluding hydrogens is 363 g/mol. The van der Waals surface area contributed by atoms with E-state index >= 15 is 0 Å². The molecule has 1 aromatic carbocycles. The number of nitrogens with zero attached hydrogens (tertiary/aromatic N) is 1. The van der Waals surface area contributed by atoms with E-state index in [0.29, 0.717) is 10.2 Å². The molecule has 0 atom stereocenters. The van der Waals surface area contributed by atoms with Gasteiger partial charge in [-0.15, -0.1) is 0 Å². The summed E-state index contributed by atoms with van der Waals surface area (Å²) in [5, 5.41) is 0. The highest BCUT2D eigenvalue weighted by Crippen LogP contribution is 2.27. The van der Waals surface area contributed by atoms with Gasteiger partial charge in [-0.25, -0.2) is 0 Å². The molecule has 0 bridgehead atoms. The summed E-state index contributed by atoms with van der Waals surface area (Å²) < 4.78 is 43.8. The minimum Gasteiger partial charge on any atom is -0.497 e. The molecule has 1 aromatic rings. The zero-order valence-electron chi connectivity index (χ0n) is 12.9. The molecule has 1 rings (SSSR count). The van der Waals surface area contributed by atoms with Crippen LogP contribution in [0, 0.1) is 5.41 Å². The second-order valence-corrected chi connectivity index (χ2v) is 7.04. The number of hydrogen-bond donors (Lipinski definition) is 0. The van der Waals surface area contributed by atoms with Crippen LogP contribution in [0.3, 0.4) is 0 Å². The number of halogens is 4. The summed E-state index contributed by atoms with van der Waals surface area (Å²) in [6.07, 6.45) is -4.45. The summed E-state index contributed by atoms with van der Waals surface area (Å²) in [5.41, 5.74) is -0.306. The Balaban J connectivity index is 3.15. The van der Waals surface area contributed by atoms with Crippen molar-refractivity contribution in [3.05, 3.63) is 28.2 Å². The number of methoxy groups -OCH3 is 1. The number of carbonyl (C=O) groups excluding carboxylic acids is 1. The van der Waals surface area contributed by atoms with Crippen molar-refractivity contribution in [1.29, 1.82) is 0 Å². The van der Waals surface area contributed by atoms with Crippen molar-refractivity contribution in [3.8, 4) is 5.75 Å². The first-order valence-corrected chi connectivity index (χ1v) is 7.42. The van der Waals surface area contributed by atoms with Crippen molar-refractivity contribution in [3.63, 3.8) is 0 Å². The molecule has 0 aliphatic heterocycles. The standard InChI is InChI=1S/C15H19BrF3NO2/c1-14(2,3)8-20(9-15(17,18)19)13(21)11-7-10(22-4)5-6-12(11)16/h5-7H,8-9H2,1-4H3. The Labute approximate surface area is 136 Å². The average molecular weight is 382 g/mol. The van der Waals surface area contributed by atoms with Crippen molar-refractivity contribution in [2.75, 3.05) is 20.2 Å². The van der Waals surface area contributed by atoms with Crippen LogP contribution in [0.2, 0.25) is 0 Å². The van der Waals surface area contributed by atoms with Gasteiger partial charge in [0.05, 0.1) is 12.7 Å².